The minimum absolute atomic E-state index is 0.0333. The Morgan fingerprint density at radius 1 is 1.13 bits per heavy atom. The fourth-order valence-electron chi connectivity index (χ4n) is 3.28. The SMILES string of the molecule is CCCS(=O)(=O)Nc1cccc(C(=O)N[C@H](c2nc3ccccc3[nH]2)[C@H](C)CC)c1. The maximum absolute atomic E-state index is 13.0. The van der Waals surface area contributed by atoms with Crippen molar-refractivity contribution < 1.29 is 13.2 Å². The van der Waals surface area contributed by atoms with Crippen LogP contribution in [0.1, 0.15) is 55.8 Å². The number of para-hydroxylation sites is 2. The third-order valence-electron chi connectivity index (χ3n) is 5.07. The van der Waals surface area contributed by atoms with E-state index in [0.29, 0.717) is 23.5 Å². The Hall–Kier alpha value is -2.87. The molecular formula is C22H28N4O3S. The summed E-state index contributed by atoms with van der Waals surface area (Å²) in [6.07, 6.45) is 1.38. The number of carbonyl (C=O) groups is 1. The van der Waals surface area contributed by atoms with Gasteiger partial charge in [-0.15, -0.1) is 0 Å². The summed E-state index contributed by atoms with van der Waals surface area (Å²) in [7, 11) is -3.42. The quantitative estimate of drug-likeness (QED) is 0.474. The minimum atomic E-state index is -3.42. The number of carbonyl (C=O) groups excluding carboxylic acids is 1. The fraction of sp³-hybridized carbons (Fsp3) is 0.364. The second-order valence-electron chi connectivity index (χ2n) is 7.48. The highest BCUT2D eigenvalue weighted by Crippen LogP contribution is 2.25. The molecule has 1 heterocycles. The molecule has 1 amide bonds. The number of H-pyrrole nitrogens is 1. The van der Waals surface area contributed by atoms with Crippen LogP contribution in [-0.4, -0.2) is 30.0 Å². The Morgan fingerprint density at radius 3 is 2.60 bits per heavy atom. The zero-order chi connectivity index (χ0) is 21.7. The number of rotatable bonds is 9. The minimum Gasteiger partial charge on any atom is -0.342 e. The van der Waals surface area contributed by atoms with Gasteiger partial charge in [0.25, 0.3) is 5.91 Å². The van der Waals surface area contributed by atoms with Gasteiger partial charge >= 0.3 is 0 Å². The van der Waals surface area contributed by atoms with Crippen LogP contribution in [0, 0.1) is 5.92 Å². The first-order valence-electron chi connectivity index (χ1n) is 10.2. The molecule has 8 heteroatoms. The van der Waals surface area contributed by atoms with Crippen molar-refractivity contribution in [2.45, 2.75) is 39.7 Å². The van der Waals surface area contributed by atoms with Crippen LogP contribution in [0.3, 0.4) is 0 Å². The molecule has 160 valence electrons. The van der Waals surface area contributed by atoms with Crippen molar-refractivity contribution in [3.63, 3.8) is 0 Å². The lowest BCUT2D eigenvalue weighted by atomic mass is 9.98. The van der Waals surface area contributed by atoms with Gasteiger partial charge in [-0.1, -0.05) is 45.4 Å². The molecule has 3 N–H and O–H groups in total. The Kier molecular flexibility index (Phi) is 6.77. The second-order valence-corrected chi connectivity index (χ2v) is 9.32. The number of fused-ring (bicyclic) bond motifs is 1. The van der Waals surface area contributed by atoms with Gasteiger partial charge in [0.2, 0.25) is 10.0 Å². The molecular weight excluding hydrogens is 400 g/mol. The summed E-state index contributed by atoms with van der Waals surface area (Å²) in [6, 6.07) is 14.0. The smallest absolute Gasteiger partial charge is 0.251 e. The van der Waals surface area contributed by atoms with Gasteiger partial charge in [0.1, 0.15) is 5.82 Å². The molecule has 0 fully saturated rings. The Bertz CT molecular complexity index is 1090. The van der Waals surface area contributed by atoms with Crippen LogP contribution < -0.4 is 10.0 Å². The third kappa shape index (κ3) is 5.18. The number of hydrogen-bond donors (Lipinski definition) is 3. The lowest BCUT2D eigenvalue weighted by Crippen LogP contribution is -2.33. The van der Waals surface area contributed by atoms with Crippen LogP contribution in [0.5, 0.6) is 0 Å². The molecule has 0 spiro atoms. The molecule has 3 rings (SSSR count). The van der Waals surface area contributed by atoms with Crippen molar-refractivity contribution in [3.05, 3.63) is 59.9 Å². The number of benzene rings is 2. The van der Waals surface area contributed by atoms with Gasteiger partial charge in [-0.3, -0.25) is 9.52 Å². The highest BCUT2D eigenvalue weighted by Gasteiger charge is 2.24. The molecule has 2 atom stereocenters. The molecule has 0 saturated carbocycles. The maximum Gasteiger partial charge on any atom is 0.251 e. The van der Waals surface area contributed by atoms with Crippen molar-refractivity contribution in [2.75, 3.05) is 10.5 Å². The molecule has 0 aliphatic heterocycles. The zero-order valence-corrected chi connectivity index (χ0v) is 18.3. The van der Waals surface area contributed by atoms with Crippen molar-refractivity contribution in [1.82, 2.24) is 15.3 Å². The number of imidazole rings is 1. The number of amides is 1. The van der Waals surface area contributed by atoms with Crippen molar-refractivity contribution in [1.29, 1.82) is 0 Å². The number of sulfonamides is 1. The van der Waals surface area contributed by atoms with Gasteiger partial charge in [-0.05, 0) is 42.7 Å². The van der Waals surface area contributed by atoms with Crippen LogP contribution in [-0.2, 0) is 10.0 Å². The first-order valence-corrected chi connectivity index (χ1v) is 11.8. The number of aromatic amines is 1. The molecule has 0 bridgehead atoms. The van der Waals surface area contributed by atoms with Gasteiger partial charge in [0.05, 0.1) is 22.8 Å². The van der Waals surface area contributed by atoms with E-state index in [2.05, 4.69) is 33.9 Å². The van der Waals surface area contributed by atoms with Gasteiger partial charge in [0, 0.05) is 11.3 Å². The predicted octanol–water partition coefficient (Wildman–Crippen LogP) is 4.23. The number of aromatic nitrogens is 2. The van der Waals surface area contributed by atoms with Crippen LogP contribution in [0.15, 0.2) is 48.5 Å². The number of nitrogens with zero attached hydrogens (tertiary/aromatic N) is 1. The van der Waals surface area contributed by atoms with Crippen LogP contribution in [0.25, 0.3) is 11.0 Å². The van der Waals surface area contributed by atoms with Crippen LogP contribution >= 0.6 is 0 Å². The molecule has 0 saturated heterocycles. The number of nitrogens with one attached hydrogen (secondary N) is 3. The second kappa shape index (κ2) is 9.30. The Labute approximate surface area is 177 Å². The number of hydrogen-bond acceptors (Lipinski definition) is 4. The number of anilines is 1. The monoisotopic (exact) mass is 428 g/mol. The average molecular weight is 429 g/mol. The standard InChI is InChI=1S/C22H28N4O3S/c1-4-13-30(28,29)26-17-10-8-9-16(14-17)22(27)25-20(15(3)5-2)21-23-18-11-6-7-12-19(18)24-21/h6-12,14-15,20,26H,4-5,13H2,1-3H3,(H,23,24)(H,25,27)/t15-,20+/m1/s1. The third-order valence-corrected chi connectivity index (χ3v) is 6.57. The normalized spacial score (nSPS) is 13.7. The van der Waals surface area contributed by atoms with E-state index in [4.69, 9.17) is 0 Å². The van der Waals surface area contributed by atoms with Gasteiger partial charge in [-0.25, -0.2) is 13.4 Å². The van der Waals surface area contributed by atoms with Crippen molar-refractivity contribution in [2.24, 2.45) is 5.92 Å². The van der Waals surface area contributed by atoms with E-state index in [1.807, 2.05) is 24.3 Å². The highest BCUT2D eigenvalue weighted by atomic mass is 32.2. The molecule has 0 unspecified atom stereocenters. The summed E-state index contributed by atoms with van der Waals surface area (Å²) in [4.78, 5) is 20.9. The zero-order valence-electron chi connectivity index (χ0n) is 17.5. The summed E-state index contributed by atoms with van der Waals surface area (Å²) in [5.41, 5.74) is 2.53. The average Bonchev–Trinajstić information content (AvgIpc) is 3.14. The van der Waals surface area contributed by atoms with Gasteiger partial charge in [-0.2, -0.15) is 0 Å². The summed E-state index contributed by atoms with van der Waals surface area (Å²) in [6.45, 7) is 5.93. The predicted molar refractivity (Wildman–Crippen MR) is 120 cm³/mol. The first-order chi connectivity index (χ1) is 14.3. The topological polar surface area (TPSA) is 104 Å². The summed E-state index contributed by atoms with van der Waals surface area (Å²) < 4.78 is 26.6. The van der Waals surface area contributed by atoms with Crippen molar-refractivity contribution in [3.8, 4) is 0 Å². The molecule has 7 nitrogen and oxygen atoms in total. The summed E-state index contributed by atoms with van der Waals surface area (Å²) >= 11 is 0. The first kappa shape index (κ1) is 21.8. The summed E-state index contributed by atoms with van der Waals surface area (Å²) in [5.74, 6) is 0.614. The van der Waals surface area contributed by atoms with E-state index in [-0.39, 0.29) is 23.6 Å². The van der Waals surface area contributed by atoms with E-state index in [1.165, 1.54) is 0 Å². The molecule has 3 aromatic rings. The lowest BCUT2D eigenvalue weighted by molar-refractivity contribution is 0.0920. The molecule has 30 heavy (non-hydrogen) atoms. The van der Waals surface area contributed by atoms with E-state index >= 15 is 0 Å². The van der Waals surface area contributed by atoms with E-state index in [9.17, 15) is 13.2 Å². The fourth-order valence-corrected chi connectivity index (χ4v) is 4.41. The molecule has 0 aliphatic carbocycles. The molecule has 0 aliphatic rings. The van der Waals surface area contributed by atoms with Gasteiger partial charge < -0.3 is 10.3 Å². The molecule has 0 radical (unpaired) electrons. The van der Waals surface area contributed by atoms with Crippen molar-refractivity contribution >= 4 is 32.7 Å². The Morgan fingerprint density at radius 2 is 1.90 bits per heavy atom. The van der Waals surface area contributed by atoms with Crippen LogP contribution in [0.2, 0.25) is 0 Å². The van der Waals surface area contributed by atoms with E-state index in [0.717, 1.165) is 17.5 Å². The van der Waals surface area contributed by atoms with Gasteiger partial charge in [0.15, 0.2) is 0 Å². The van der Waals surface area contributed by atoms with E-state index < -0.39 is 10.0 Å². The molecule has 2 aromatic carbocycles. The lowest BCUT2D eigenvalue weighted by Gasteiger charge is -2.22. The maximum atomic E-state index is 13.0. The Balaban J connectivity index is 1.83. The summed E-state index contributed by atoms with van der Waals surface area (Å²) in [5, 5.41) is 3.07. The van der Waals surface area contributed by atoms with Crippen LogP contribution in [0.4, 0.5) is 5.69 Å². The van der Waals surface area contributed by atoms with E-state index in [1.54, 1.807) is 31.2 Å². The highest BCUT2D eigenvalue weighted by molar-refractivity contribution is 7.92. The molecule has 1 aromatic heterocycles. The largest absolute Gasteiger partial charge is 0.342 e.